The molecule has 7 heteroatoms. The van der Waals surface area contributed by atoms with E-state index >= 15 is 0 Å². The molecule has 0 spiro atoms. The molecule has 0 aliphatic heterocycles. The molecule has 1 aromatic heterocycles. The lowest BCUT2D eigenvalue weighted by Gasteiger charge is -2.31. The van der Waals surface area contributed by atoms with Crippen LogP contribution in [0.25, 0.3) is 5.69 Å². The molecule has 6 nitrogen and oxygen atoms in total. The van der Waals surface area contributed by atoms with Crippen molar-refractivity contribution in [3.63, 3.8) is 0 Å². The zero-order valence-electron chi connectivity index (χ0n) is 15.4. The third-order valence-electron chi connectivity index (χ3n) is 6.42. The maximum atomic E-state index is 13.0. The highest BCUT2D eigenvalue weighted by Crippen LogP contribution is 2.54. The lowest BCUT2D eigenvalue weighted by molar-refractivity contribution is 0.318. The second-order valence-corrected chi connectivity index (χ2v) is 10.1. The Balaban J connectivity index is 1.49. The predicted molar refractivity (Wildman–Crippen MR) is 100 cm³/mol. The molecule has 2 aromatic rings. The predicted octanol–water partition coefficient (Wildman–Crippen LogP) is 3.17. The molecule has 0 N–H and O–H groups in total. The van der Waals surface area contributed by atoms with Crippen molar-refractivity contribution in [1.29, 1.82) is 0 Å². The van der Waals surface area contributed by atoms with Crippen LogP contribution in [-0.2, 0) is 10.0 Å². The van der Waals surface area contributed by atoms with Crippen LogP contribution in [0.15, 0.2) is 36.9 Å². The fourth-order valence-electron chi connectivity index (χ4n) is 4.70. The fraction of sp³-hybridized carbons (Fsp3) is 0.579. The molecule has 2 saturated carbocycles. The summed E-state index contributed by atoms with van der Waals surface area (Å²) in [6, 6.07) is 7.62. The van der Waals surface area contributed by atoms with Crippen LogP contribution in [0.3, 0.4) is 0 Å². The molecule has 2 aliphatic rings. The Morgan fingerprint density at radius 1 is 1.27 bits per heavy atom. The summed E-state index contributed by atoms with van der Waals surface area (Å²) in [6.45, 7) is 1.95. The van der Waals surface area contributed by atoms with Crippen molar-refractivity contribution in [3.05, 3.63) is 42.5 Å². The molecule has 0 radical (unpaired) electrons. The minimum Gasteiger partial charge on any atom is -0.223 e. The minimum absolute atomic E-state index is 0.0361. The topological polar surface area (TPSA) is 68.1 Å². The van der Waals surface area contributed by atoms with Gasteiger partial charge in [-0.25, -0.2) is 18.1 Å². The monoisotopic (exact) mass is 374 g/mol. The van der Waals surface area contributed by atoms with E-state index in [2.05, 4.69) is 10.1 Å². The van der Waals surface area contributed by atoms with E-state index in [1.54, 1.807) is 22.4 Å². The van der Waals surface area contributed by atoms with Crippen LogP contribution in [0.5, 0.6) is 0 Å². The Labute approximate surface area is 155 Å². The largest absolute Gasteiger partial charge is 0.223 e. The zero-order chi connectivity index (χ0) is 18.4. The second kappa shape index (κ2) is 6.46. The Kier molecular flexibility index (Phi) is 4.39. The van der Waals surface area contributed by atoms with Crippen LogP contribution in [-0.4, -0.2) is 40.3 Å². The Morgan fingerprint density at radius 3 is 2.50 bits per heavy atom. The molecule has 2 aliphatic carbocycles. The summed E-state index contributed by atoms with van der Waals surface area (Å²) < 4.78 is 29.3. The van der Waals surface area contributed by atoms with Crippen LogP contribution >= 0.6 is 0 Å². The Hall–Kier alpha value is -1.73. The lowest BCUT2D eigenvalue weighted by Crippen LogP contribution is -2.37. The molecular weight excluding hydrogens is 348 g/mol. The van der Waals surface area contributed by atoms with E-state index in [-0.39, 0.29) is 11.5 Å². The van der Waals surface area contributed by atoms with Crippen molar-refractivity contribution in [3.8, 4) is 5.69 Å². The Morgan fingerprint density at radius 2 is 1.96 bits per heavy atom. The molecule has 1 aromatic carbocycles. The molecule has 1 heterocycles. The summed E-state index contributed by atoms with van der Waals surface area (Å²) in [5.41, 5.74) is 1.92. The van der Waals surface area contributed by atoms with E-state index < -0.39 is 10.0 Å². The molecule has 0 saturated heterocycles. The first-order valence-corrected chi connectivity index (χ1v) is 10.9. The summed E-state index contributed by atoms with van der Waals surface area (Å²) in [7, 11) is -1.57. The van der Waals surface area contributed by atoms with Crippen molar-refractivity contribution >= 4 is 10.0 Å². The van der Waals surface area contributed by atoms with Crippen LogP contribution in [0, 0.1) is 11.3 Å². The van der Waals surface area contributed by atoms with Crippen molar-refractivity contribution in [2.45, 2.75) is 45.1 Å². The highest BCUT2D eigenvalue weighted by atomic mass is 32.2. The van der Waals surface area contributed by atoms with Gasteiger partial charge in [-0.15, -0.1) is 0 Å². The van der Waals surface area contributed by atoms with Crippen molar-refractivity contribution < 1.29 is 8.42 Å². The van der Waals surface area contributed by atoms with Crippen LogP contribution < -0.4 is 0 Å². The summed E-state index contributed by atoms with van der Waals surface area (Å²) in [5, 5.41) is 4.11. The van der Waals surface area contributed by atoms with Gasteiger partial charge in [-0.1, -0.05) is 12.1 Å². The average Bonchev–Trinajstić information content (AvgIpc) is 3.37. The summed E-state index contributed by atoms with van der Waals surface area (Å²) >= 11 is 0. The lowest BCUT2D eigenvalue weighted by atomic mass is 9.87. The number of hydrogen-bond donors (Lipinski definition) is 0. The smallest absolute Gasteiger partial charge is 0.214 e. The number of rotatable bonds is 6. The number of benzene rings is 1. The molecule has 2 fully saturated rings. The van der Waals surface area contributed by atoms with Gasteiger partial charge in [-0.2, -0.15) is 9.40 Å². The average molecular weight is 375 g/mol. The van der Waals surface area contributed by atoms with E-state index in [4.69, 9.17) is 0 Å². The highest BCUT2D eigenvalue weighted by Gasteiger charge is 2.48. The van der Waals surface area contributed by atoms with Crippen molar-refractivity contribution in [1.82, 2.24) is 19.1 Å². The standard InChI is InChI=1S/C19H26N4O2S/c1-15(17-3-5-18(6-4-17)23-14-20-13-21-23)22(2)26(24,25)12-19-9-7-16(11-19)8-10-19/h3-6,13-16H,7-12H2,1-2H3. The van der Waals surface area contributed by atoms with Crippen LogP contribution in [0.2, 0.25) is 0 Å². The molecule has 0 amide bonds. The molecule has 140 valence electrons. The SMILES string of the molecule is CC(c1ccc(-n2cncn2)cc1)N(C)S(=O)(=O)CC12CCC(CC1)C2. The van der Waals surface area contributed by atoms with Crippen molar-refractivity contribution in [2.24, 2.45) is 11.3 Å². The van der Waals surface area contributed by atoms with Gasteiger partial charge in [0.2, 0.25) is 10.0 Å². The summed E-state index contributed by atoms with van der Waals surface area (Å²) in [4.78, 5) is 3.95. The number of aromatic nitrogens is 3. The number of hydrogen-bond acceptors (Lipinski definition) is 4. The minimum atomic E-state index is -3.28. The Bertz CT molecular complexity index is 853. The van der Waals surface area contributed by atoms with Gasteiger partial charge in [0.05, 0.1) is 11.4 Å². The number of nitrogens with zero attached hydrogens (tertiary/aromatic N) is 4. The third kappa shape index (κ3) is 3.18. The summed E-state index contributed by atoms with van der Waals surface area (Å²) in [6.07, 6.45) is 8.80. The van der Waals surface area contributed by atoms with Crippen LogP contribution in [0.1, 0.15) is 50.6 Å². The molecule has 2 bridgehead atoms. The van der Waals surface area contributed by atoms with E-state index in [0.717, 1.165) is 36.4 Å². The molecule has 26 heavy (non-hydrogen) atoms. The highest BCUT2D eigenvalue weighted by molar-refractivity contribution is 7.89. The number of sulfonamides is 1. The van der Waals surface area contributed by atoms with Crippen molar-refractivity contribution in [2.75, 3.05) is 12.8 Å². The molecule has 1 unspecified atom stereocenters. The van der Waals surface area contributed by atoms with Gasteiger partial charge < -0.3 is 0 Å². The van der Waals surface area contributed by atoms with Gasteiger partial charge in [-0.05, 0) is 68.1 Å². The van der Waals surface area contributed by atoms with Gasteiger partial charge in [0.1, 0.15) is 12.7 Å². The first-order valence-electron chi connectivity index (χ1n) is 9.29. The van der Waals surface area contributed by atoms with Gasteiger partial charge in [0.15, 0.2) is 0 Å². The first-order chi connectivity index (χ1) is 12.4. The third-order valence-corrected chi connectivity index (χ3v) is 8.59. The normalized spacial score (nSPS) is 26.5. The van der Waals surface area contributed by atoms with Crippen LogP contribution in [0.4, 0.5) is 0 Å². The summed E-state index contributed by atoms with van der Waals surface area (Å²) in [5.74, 6) is 1.06. The van der Waals surface area contributed by atoms with Gasteiger partial charge >= 0.3 is 0 Å². The maximum absolute atomic E-state index is 13.0. The fourth-order valence-corrected chi connectivity index (χ4v) is 6.69. The van der Waals surface area contributed by atoms with E-state index in [1.165, 1.54) is 19.2 Å². The van der Waals surface area contributed by atoms with E-state index in [1.807, 2.05) is 31.2 Å². The zero-order valence-corrected chi connectivity index (χ0v) is 16.2. The molecular formula is C19H26N4O2S. The van der Waals surface area contributed by atoms with Gasteiger partial charge in [-0.3, -0.25) is 0 Å². The second-order valence-electron chi connectivity index (χ2n) is 8.03. The first kappa shape index (κ1) is 17.7. The molecule has 4 rings (SSSR count). The maximum Gasteiger partial charge on any atom is 0.214 e. The van der Waals surface area contributed by atoms with E-state index in [0.29, 0.717) is 5.75 Å². The van der Waals surface area contributed by atoms with Gasteiger partial charge in [0, 0.05) is 13.1 Å². The van der Waals surface area contributed by atoms with E-state index in [9.17, 15) is 8.42 Å². The van der Waals surface area contributed by atoms with Gasteiger partial charge in [0.25, 0.3) is 0 Å². The molecule has 1 atom stereocenters. The number of fused-ring (bicyclic) bond motifs is 2. The quantitative estimate of drug-likeness (QED) is 0.779.